The molecule has 14 heavy (non-hydrogen) atoms. The molecule has 1 N–H and O–H groups in total. The molecule has 0 fully saturated rings. The second-order valence-electron chi connectivity index (χ2n) is 2.74. The third-order valence-corrected chi connectivity index (χ3v) is 3.55. The first-order chi connectivity index (χ1) is 6.47. The smallest absolute Gasteiger partial charge is 0.335 e. The number of carboxylic acids is 1. The lowest BCUT2D eigenvalue weighted by Gasteiger charge is -2.01. The van der Waals surface area contributed by atoms with Crippen molar-refractivity contribution in [3.8, 4) is 0 Å². The van der Waals surface area contributed by atoms with E-state index >= 15 is 0 Å². The average molecular weight is 214 g/mol. The first kappa shape index (κ1) is 10.7. The van der Waals surface area contributed by atoms with Crippen molar-refractivity contribution in [3.63, 3.8) is 0 Å². The van der Waals surface area contributed by atoms with Crippen LogP contribution in [0.1, 0.15) is 17.3 Å². The Hall–Kier alpha value is -1.36. The van der Waals surface area contributed by atoms with Gasteiger partial charge in [-0.15, -0.1) is 0 Å². The van der Waals surface area contributed by atoms with E-state index in [0.29, 0.717) is 0 Å². The van der Waals surface area contributed by atoms with Crippen molar-refractivity contribution in [2.45, 2.75) is 11.8 Å². The van der Waals surface area contributed by atoms with Crippen LogP contribution in [-0.4, -0.2) is 25.2 Å². The Labute approximate surface area is 82.1 Å². The van der Waals surface area contributed by atoms with Crippen LogP contribution in [0.15, 0.2) is 29.2 Å². The van der Waals surface area contributed by atoms with Gasteiger partial charge in [0.2, 0.25) is 0 Å². The number of hydrogen-bond acceptors (Lipinski definition) is 3. The molecule has 0 aromatic heterocycles. The highest BCUT2D eigenvalue weighted by Gasteiger charge is 2.13. The standard InChI is InChI=1S/C9H10O4S/c1-2-14(12,13)8-5-3-4-7(6-8)9(10)11/h3-6H,2H2,1H3,(H,10,11). The molecule has 0 unspecified atom stereocenters. The van der Waals surface area contributed by atoms with Crippen LogP contribution in [0.2, 0.25) is 0 Å². The lowest BCUT2D eigenvalue weighted by Crippen LogP contribution is -2.05. The van der Waals surface area contributed by atoms with E-state index < -0.39 is 15.8 Å². The fraction of sp³-hybridized carbons (Fsp3) is 0.222. The fourth-order valence-electron chi connectivity index (χ4n) is 0.989. The normalized spacial score (nSPS) is 11.2. The molecule has 0 spiro atoms. The number of rotatable bonds is 3. The lowest BCUT2D eigenvalue weighted by atomic mass is 10.2. The van der Waals surface area contributed by atoms with Gasteiger partial charge in [-0.05, 0) is 18.2 Å². The molecular formula is C9H10O4S. The molecule has 1 aromatic carbocycles. The van der Waals surface area contributed by atoms with Gasteiger partial charge in [-0.25, -0.2) is 13.2 Å². The predicted molar refractivity (Wildman–Crippen MR) is 51.1 cm³/mol. The predicted octanol–water partition coefficient (Wildman–Crippen LogP) is 1.18. The van der Waals surface area contributed by atoms with Crippen LogP contribution < -0.4 is 0 Å². The molecular weight excluding hydrogens is 204 g/mol. The summed E-state index contributed by atoms with van der Waals surface area (Å²) in [5.74, 6) is -1.16. The van der Waals surface area contributed by atoms with E-state index in [1.807, 2.05) is 0 Å². The van der Waals surface area contributed by atoms with Gasteiger partial charge < -0.3 is 5.11 Å². The summed E-state index contributed by atoms with van der Waals surface area (Å²) in [6.07, 6.45) is 0. The molecule has 0 aliphatic rings. The van der Waals surface area contributed by atoms with Crippen LogP contribution in [0, 0.1) is 0 Å². The van der Waals surface area contributed by atoms with Crippen molar-refractivity contribution in [2.24, 2.45) is 0 Å². The first-order valence-corrected chi connectivity index (χ1v) is 5.68. The highest BCUT2D eigenvalue weighted by atomic mass is 32.2. The molecule has 0 atom stereocenters. The van der Waals surface area contributed by atoms with Gasteiger partial charge in [0.05, 0.1) is 16.2 Å². The van der Waals surface area contributed by atoms with Gasteiger partial charge >= 0.3 is 5.97 Å². The van der Waals surface area contributed by atoms with Crippen LogP contribution in [0.4, 0.5) is 0 Å². The molecule has 0 bridgehead atoms. The van der Waals surface area contributed by atoms with E-state index in [2.05, 4.69) is 0 Å². The highest BCUT2D eigenvalue weighted by molar-refractivity contribution is 7.91. The quantitative estimate of drug-likeness (QED) is 0.820. The third kappa shape index (κ3) is 2.11. The van der Waals surface area contributed by atoms with Crippen molar-refractivity contribution in [2.75, 3.05) is 5.75 Å². The Bertz CT molecular complexity index is 448. The second-order valence-corrected chi connectivity index (χ2v) is 5.01. The Morgan fingerprint density at radius 3 is 2.57 bits per heavy atom. The zero-order chi connectivity index (χ0) is 10.8. The monoisotopic (exact) mass is 214 g/mol. The summed E-state index contributed by atoms with van der Waals surface area (Å²) >= 11 is 0. The number of hydrogen-bond donors (Lipinski definition) is 1. The third-order valence-electron chi connectivity index (χ3n) is 1.82. The van der Waals surface area contributed by atoms with Crippen molar-refractivity contribution < 1.29 is 18.3 Å². The van der Waals surface area contributed by atoms with Gasteiger partial charge in [-0.1, -0.05) is 13.0 Å². The van der Waals surface area contributed by atoms with Crippen molar-refractivity contribution in [1.29, 1.82) is 0 Å². The molecule has 0 aliphatic carbocycles. The van der Waals surface area contributed by atoms with E-state index in [4.69, 9.17) is 5.11 Å². The second kappa shape index (κ2) is 3.79. The van der Waals surface area contributed by atoms with Gasteiger partial charge in [0.15, 0.2) is 9.84 Å². The fourth-order valence-corrected chi connectivity index (χ4v) is 1.92. The summed E-state index contributed by atoms with van der Waals surface area (Å²) in [5, 5.41) is 8.65. The minimum atomic E-state index is -3.32. The van der Waals surface area contributed by atoms with Gasteiger partial charge in [0.25, 0.3) is 0 Å². The molecule has 0 aliphatic heterocycles. The SMILES string of the molecule is CCS(=O)(=O)c1cccc(C(=O)O)c1. The van der Waals surface area contributed by atoms with Gasteiger partial charge in [0, 0.05) is 0 Å². The summed E-state index contributed by atoms with van der Waals surface area (Å²) in [7, 11) is -3.32. The van der Waals surface area contributed by atoms with Crippen LogP contribution in [-0.2, 0) is 9.84 Å². The zero-order valence-corrected chi connectivity index (χ0v) is 8.41. The Morgan fingerprint density at radius 1 is 1.43 bits per heavy atom. The van der Waals surface area contributed by atoms with Gasteiger partial charge in [0.1, 0.15) is 0 Å². The molecule has 0 heterocycles. The summed E-state index contributed by atoms with van der Waals surface area (Å²) in [6, 6.07) is 5.34. The Kier molecular flexibility index (Phi) is 2.90. The van der Waals surface area contributed by atoms with Crippen LogP contribution >= 0.6 is 0 Å². The molecule has 4 nitrogen and oxygen atoms in total. The maximum absolute atomic E-state index is 11.4. The Morgan fingerprint density at radius 2 is 2.07 bits per heavy atom. The molecule has 76 valence electrons. The topological polar surface area (TPSA) is 71.4 Å². The maximum atomic E-state index is 11.4. The summed E-state index contributed by atoms with van der Waals surface area (Å²) in [6.45, 7) is 1.52. The number of benzene rings is 1. The first-order valence-electron chi connectivity index (χ1n) is 4.03. The van der Waals surface area contributed by atoms with E-state index in [-0.39, 0.29) is 16.2 Å². The summed E-state index contributed by atoms with van der Waals surface area (Å²) in [4.78, 5) is 10.6. The summed E-state index contributed by atoms with van der Waals surface area (Å²) in [5.41, 5.74) is -0.0143. The molecule has 0 radical (unpaired) electrons. The van der Waals surface area contributed by atoms with E-state index in [1.165, 1.54) is 31.2 Å². The lowest BCUT2D eigenvalue weighted by molar-refractivity contribution is 0.0696. The molecule has 0 saturated heterocycles. The van der Waals surface area contributed by atoms with Crippen LogP contribution in [0.5, 0.6) is 0 Å². The number of carbonyl (C=O) groups is 1. The van der Waals surface area contributed by atoms with E-state index in [1.54, 1.807) is 0 Å². The van der Waals surface area contributed by atoms with Gasteiger partial charge in [-0.3, -0.25) is 0 Å². The maximum Gasteiger partial charge on any atom is 0.335 e. The van der Waals surface area contributed by atoms with Crippen molar-refractivity contribution in [1.82, 2.24) is 0 Å². The average Bonchev–Trinajstić information content (AvgIpc) is 2.18. The molecule has 0 amide bonds. The Balaban J connectivity index is 3.26. The molecule has 1 rings (SSSR count). The minimum absolute atomic E-state index is 0.0143. The molecule has 1 aromatic rings. The van der Waals surface area contributed by atoms with Crippen LogP contribution in [0.25, 0.3) is 0 Å². The minimum Gasteiger partial charge on any atom is -0.478 e. The van der Waals surface area contributed by atoms with Crippen molar-refractivity contribution >= 4 is 15.8 Å². The summed E-state index contributed by atoms with van der Waals surface area (Å²) < 4.78 is 22.8. The number of aromatic carboxylic acids is 1. The molecule has 5 heteroatoms. The van der Waals surface area contributed by atoms with E-state index in [0.717, 1.165) is 0 Å². The van der Waals surface area contributed by atoms with E-state index in [9.17, 15) is 13.2 Å². The van der Waals surface area contributed by atoms with Crippen LogP contribution in [0.3, 0.4) is 0 Å². The molecule has 0 saturated carbocycles. The van der Waals surface area contributed by atoms with Gasteiger partial charge in [-0.2, -0.15) is 0 Å². The largest absolute Gasteiger partial charge is 0.478 e. The van der Waals surface area contributed by atoms with Crippen molar-refractivity contribution in [3.05, 3.63) is 29.8 Å². The number of carboxylic acid groups (broad SMARTS) is 1. The number of sulfone groups is 1. The zero-order valence-electron chi connectivity index (χ0n) is 7.60. The highest BCUT2D eigenvalue weighted by Crippen LogP contribution is 2.12.